The van der Waals surface area contributed by atoms with E-state index in [1.54, 1.807) is 12.1 Å². The Morgan fingerprint density at radius 1 is 1.15 bits per heavy atom. The Balaban J connectivity index is 1.69. The SMILES string of the molecule is N#Cc1ccc(NC(=O)c2nccnc2-c2nc3ccccc3s2)cc1Cl. The molecule has 1 amide bonds. The number of nitriles is 1. The molecule has 0 bridgehead atoms. The number of nitrogens with one attached hydrogen (secondary N) is 1. The van der Waals surface area contributed by atoms with Crippen molar-refractivity contribution in [3.8, 4) is 16.8 Å². The molecule has 2 aromatic heterocycles. The summed E-state index contributed by atoms with van der Waals surface area (Å²) in [6.45, 7) is 0. The first kappa shape index (κ1) is 17.1. The molecular weight excluding hydrogens is 382 g/mol. The van der Waals surface area contributed by atoms with Crippen molar-refractivity contribution in [3.63, 3.8) is 0 Å². The maximum absolute atomic E-state index is 12.7. The number of carbonyl (C=O) groups is 1. The summed E-state index contributed by atoms with van der Waals surface area (Å²) in [5.74, 6) is -0.432. The number of rotatable bonds is 3. The van der Waals surface area contributed by atoms with E-state index in [-0.39, 0.29) is 10.7 Å². The molecule has 0 unspecified atom stereocenters. The molecule has 8 heteroatoms. The van der Waals surface area contributed by atoms with Gasteiger partial charge in [-0.1, -0.05) is 23.7 Å². The lowest BCUT2D eigenvalue weighted by Gasteiger charge is -2.07. The molecule has 6 nitrogen and oxygen atoms in total. The first-order valence-corrected chi connectivity index (χ1v) is 9.03. The number of para-hydroxylation sites is 1. The third-order valence-electron chi connectivity index (χ3n) is 3.76. The topological polar surface area (TPSA) is 91.6 Å². The third-order valence-corrected chi connectivity index (χ3v) is 5.11. The number of fused-ring (bicyclic) bond motifs is 1. The minimum absolute atomic E-state index is 0.164. The van der Waals surface area contributed by atoms with Crippen LogP contribution >= 0.6 is 22.9 Å². The molecular formula is C19H10ClN5OS. The van der Waals surface area contributed by atoms with E-state index in [9.17, 15) is 4.79 Å². The molecule has 0 spiro atoms. The fourth-order valence-corrected chi connectivity index (χ4v) is 3.69. The fraction of sp³-hybridized carbons (Fsp3) is 0. The summed E-state index contributed by atoms with van der Waals surface area (Å²) in [6.07, 6.45) is 2.98. The predicted molar refractivity (Wildman–Crippen MR) is 105 cm³/mol. The summed E-state index contributed by atoms with van der Waals surface area (Å²) in [5.41, 5.74) is 2.22. The number of hydrogen-bond donors (Lipinski definition) is 1. The smallest absolute Gasteiger partial charge is 0.276 e. The number of hydrogen-bond acceptors (Lipinski definition) is 6. The number of aromatic nitrogens is 3. The fourth-order valence-electron chi connectivity index (χ4n) is 2.51. The lowest BCUT2D eigenvalue weighted by molar-refractivity contribution is 0.102. The molecule has 2 aromatic carbocycles. The van der Waals surface area contributed by atoms with Gasteiger partial charge in [-0.05, 0) is 30.3 Å². The van der Waals surface area contributed by atoms with E-state index in [4.69, 9.17) is 16.9 Å². The standard InChI is InChI=1S/C19H10ClN5OS/c20-13-9-12(6-5-11(13)10-21)24-18(26)16-17(23-8-7-22-16)19-25-14-3-1-2-4-15(14)27-19/h1-9H,(H,24,26). The van der Waals surface area contributed by atoms with E-state index in [1.807, 2.05) is 30.3 Å². The Kier molecular flexibility index (Phi) is 4.50. The average Bonchev–Trinajstić information content (AvgIpc) is 3.12. The van der Waals surface area contributed by atoms with E-state index in [0.29, 0.717) is 22.0 Å². The van der Waals surface area contributed by atoms with Crippen LogP contribution in [0.3, 0.4) is 0 Å². The van der Waals surface area contributed by atoms with E-state index in [2.05, 4.69) is 20.3 Å². The van der Waals surface area contributed by atoms with Gasteiger partial charge in [0.1, 0.15) is 16.8 Å². The maximum Gasteiger partial charge on any atom is 0.276 e. The minimum Gasteiger partial charge on any atom is -0.321 e. The molecule has 0 radical (unpaired) electrons. The summed E-state index contributed by atoms with van der Waals surface area (Å²) >= 11 is 7.47. The predicted octanol–water partition coefficient (Wildman–Crippen LogP) is 4.53. The lowest BCUT2D eigenvalue weighted by atomic mass is 10.2. The highest BCUT2D eigenvalue weighted by Gasteiger charge is 2.19. The maximum atomic E-state index is 12.7. The van der Waals surface area contributed by atoms with Crippen molar-refractivity contribution in [2.24, 2.45) is 0 Å². The van der Waals surface area contributed by atoms with Crippen molar-refractivity contribution >= 4 is 44.7 Å². The monoisotopic (exact) mass is 391 g/mol. The average molecular weight is 392 g/mol. The Labute approximate surface area is 163 Å². The zero-order chi connectivity index (χ0) is 18.8. The number of thiazole rings is 1. The van der Waals surface area contributed by atoms with Crippen LogP contribution in [0.15, 0.2) is 54.9 Å². The zero-order valence-electron chi connectivity index (χ0n) is 13.7. The van der Waals surface area contributed by atoms with Gasteiger partial charge in [0.25, 0.3) is 5.91 Å². The number of amides is 1. The molecule has 0 aliphatic heterocycles. The normalized spacial score (nSPS) is 10.5. The van der Waals surface area contributed by atoms with Crippen LogP contribution < -0.4 is 5.32 Å². The summed E-state index contributed by atoms with van der Waals surface area (Å²) in [4.78, 5) is 25.8. The highest BCUT2D eigenvalue weighted by Crippen LogP contribution is 2.30. The zero-order valence-corrected chi connectivity index (χ0v) is 15.3. The molecule has 4 aromatic rings. The van der Waals surface area contributed by atoms with Crippen LogP contribution in [0.4, 0.5) is 5.69 Å². The minimum atomic E-state index is -0.432. The van der Waals surface area contributed by atoms with Crippen molar-refractivity contribution in [3.05, 3.63) is 71.1 Å². The van der Waals surface area contributed by atoms with Crippen LogP contribution in [-0.2, 0) is 0 Å². The van der Waals surface area contributed by atoms with Crippen LogP contribution in [-0.4, -0.2) is 20.9 Å². The molecule has 0 saturated carbocycles. The van der Waals surface area contributed by atoms with Crippen LogP contribution in [0.2, 0.25) is 5.02 Å². The number of benzene rings is 2. The second kappa shape index (κ2) is 7.11. The number of anilines is 1. The van der Waals surface area contributed by atoms with Crippen molar-refractivity contribution < 1.29 is 4.79 Å². The van der Waals surface area contributed by atoms with E-state index in [0.717, 1.165) is 10.2 Å². The third kappa shape index (κ3) is 3.36. The largest absolute Gasteiger partial charge is 0.321 e. The Morgan fingerprint density at radius 2 is 1.96 bits per heavy atom. The van der Waals surface area contributed by atoms with Gasteiger partial charge in [0.2, 0.25) is 0 Å². The van der Waals surface area contributed by atoms with Crippen molar-refractivity contribution in [1.82, 2.24) is 15.0 Å². The molecule has 27 heavy (non-hydrogen) atoms. The Bertz CT molecular complexity index is 1180. The van der Waals surface area contributed by atoms with Crippen LogP contribution in [0, 0.1) is 11.3 Å². The summed E-state index contributed by atoms with van der Waals surface area (Å²) < 4.78 is 1.00. The van der Waals surface area contributed by atoms with Crippen molar-refractivity contribution in [1.29, 1.82) is 5.26 Å². The van der Waals surface area contributed by atoms with Gasteiger partial charge in [0, 0.05) is 18.1 Å². The summed E-state index contributed by atoms with van der Waals surface area (Å²) in [7, 11) is 0. The van der Waals surface area contributed by atoms with Gasteiger partial charge in [0.15, 0.2) is 5.69 Å². The number of halogens is 1. The molecule has 2 heterocycles. The van der Waals surface area contributed by atoms with Gasteiger partial charge < -0.3 is 5.32 Å². The van der Waals surface area contributed by atoms with Gasteiger partial charge in [-0.2, -0.15) is 5.26 Å². The molecule has 0 fully saturated rings. The Morgan fingerprint density at radius 3 is 2.74 bits per heavy atom. The Hall–Kier alpha value is -3.34. The van der Waals surface area contributed by atoms with E-state index < -0.39 is 5.91 Å². The second-order valence-corrected chi connectivity index (χ2v) is 6.94. The van der Waals surface area contributed by atoms with Gasteiger partial charge in [-0.3, -0.25) is 4.79 Å². The van der Waals surface area contributed by atoms with E-state index >= 15 is 0 Å². The molecule has 4 rings (SSSR count). The molecule has 0 aliphatic carbocycles. The van der Waals surface area contributed by atoms with Gasteiger partial charge in [-0.15, -0.1) is 11.3 Å². The second-order valence-electron chi connectivity index (χ2n) is 5.50. The first-order valence-electron chi connectivity index (χ1n) is 7.83. The van der Waals surface area contributed by atoms with Gasteiger partial charge >= 0.3 is 0 Å². The number of nitrogens with zero attached hydrogens (tertiary/aromatic N) is 4. The van der Waals surface area contributed by atoms with Crippen molar-refractivity contribution in [2.75, 3.05) is 5.32 Å². The van der Waals surface area contributed by atoms with Crippen LogP contribution in [0.1, 0.15) is 16.1 Å². The van der Waals surface area contributed by atoms with Gasteiger partial charge in [-0.25, -0.2) is 15.0 Å². The molecule has 0 aliphatic rings. The van der Waals surface area contributed by atoms with Crippen LogP contribution in [0.25, 0.3) is 20.9 Å². The highest BCUT2D eigenvalue weighted by atomic mass is 35.5. The summed E-state index contributed by atoms with van der Waals surface area (Å²) in [5, 5.41) is 12.6. The van der Waals surface area contributed by atoms with Gasteiger partial charge in [0.05, 0.1) is 20.8 Å². The van der Waals surface area contributed by atoms with Crippen molar-refractivity contribution in [2.45, 2.75) is 0 Å². The quantitative estimate of drug-likeness (QED) is 0.554. The summed E-state index contributed by atoms with van der Waals surface area (Å²) in [6, 6.07) is 14.4. The lowest BCUT2D eigenvalue weighted by Crippen LogP contribution is -2.15. The first-order chi connectivity index (χ1) is 13.2. The molecule has 0 saturated heterocycles. The highest BCUT2D eigenvalue weighted by molar-refractivity contribution is 7.21. The number of carbonyl (C=O) groups excluding carboxylic acids is 1. The van der Waals surface area contributed by atoms with Crippen LogP contribution in [0.5, 0.6) is 0 Å². The molecule has 0 atom stereocenters. The molecule has 130 valence electrons. The van der Waals surface area contributed by atoms with E-state index in [1.165, 1.54) is 29.8 Å². The molecule has 1 N–H and O–H groups in total.